The Balaban J connectivity index is 2.52. The predicted octanol–water partition coefficient (Wildman–Crippen LogP) is 1.50. The second-order valence-corrected chi connectivity index (χ2v) is 4.85. The van der Waals surface area contributed by atoms with Gasteiger partial charge in [0.25, 0.3) is 5.69 Å². The second kappa shape index (κ2) is 7.23. The highest BCUT2D eigenvalue weighted by molar-refractivity contribution is 5.95. The molecule has 9 heteroatoms. The highest BCUT2D eigenvalue weighted by Crippen LogP contribution is 2.32. The number of rotatable bonds is 4. The molecule has 0 amide bonds. The normalized spacial score (nSPS) is 16.5. The number of benzene rings is 1. The Kier molecular flexibility index (Phi) is 5.11. The molecule has 1 aromatic rings. The molecule has 1 aliphatic heterocycles. The van der Waals surface area contributed by atoms with Gasteiger partial charge in [-0.05, 0) is 19.4 Å². The van der Waals surface area contributed by atoms with E-state index in [1.807, 2.05) is 0 Å². The molecule has 2 N–H and O–H groups in total. The van der Waals surface area contributed by atoms with Crippen molar-refractivity contribution >= 4 is 17.6 Å². The number of allylic oxidation sites excluding steroid dienone is 1. The van der Waals surface area contributed by atoms with E-state index in [1.54, 1.807) is 26.1 Å². The molecule has 2 rings (SSSR count). The van der Waals surface area contributed by atoms with Crippen molar-refractivity contribution in [3.63, 3.8) is 0 Å². The molecule has 0 spiro atoms. The zero-order valence-electron chi connectivity index (χ0n) is 13.1. The predicted molar refractivity (Wildman–Crippen MR) is 84.5 cm³/mol. The van der Waals surface area contributed by atoms with Gasteiger partial charge < -0.3 is 10.1 Å². The fraction of sp³-hybridized carbons (Fsp3) is 0.267. The van der Waals surface area contributed by atoms with Crippen LogP contribution < -0.4 is 10.6 Å². The van der Waals surface area contributed by atoms with Crippen LogP contribution in [0.5, 0.6) is 0 Å². The molecule has 124 valence electrons. The van der Waals surface area contributed by atoms with Crippen LogP contribution in [0.3, 0.4) is 0 Å². The lowest BCUT2D eigenvalue weighted by molar-refractivity contribution is -0.384. The average molecular weight is 329 g/mol. The van der Waals surface area contributed by atoms with Gasteiger partial charge in [0.05, 0.1) is 17.1 Å². The summed E-state index contributed by atoms with van der Waals surface area (Å²) >= 11 is 0. The molecule has 0 aromatic heterocycles. The molecule has 0 saturated carbocycles. The second-order valence-electron chi connectivity index (χ2n) is 4.85. The SMILES string of the molecule is CCOC(=O)C1=C(C)NC(NC#N)=N[C@H]1c1cccc([N+](=O)[O-])c1. The zero-order valence-corrected chi connectivity index (χ0v) is 13.1. The van der Waals surface area contributed by atoms with Crippen LogP contribution in [-0.4, -0.2) is 23.5 Å². The molecule has 0 radical (unpaired) electrons. The number of esters is 1. The van der Waals surface area contributed by atoms with E-state index in [2.05, 4.69) is 15.6 Å². The number of nitriles is 1. The third-order valence-electron chi connectivity index (χ3n) is 3.31. The maximum Gasteiger partial charge on any atom is 0.338 e. The summed E-state index contributed by atoms with van der Waals surface area (Å²) in [6.07, 6.45) is 1.74. The number of aliphatic imine (C=N–C) groups is 1. The first-order chi connectivity index (χ1) is 11.5. The molecular formula is C15H15N5O4. The van der Waals surface area contributed by atoms with Crippen LogP contribution in [0.25, 0.3) is 0 Å². The van der Waals surface area contributed by atoms with E-state index in [0.717, 1.165) is 0 Å². The molecule has 9 nitrogen and oxygen atoms in total. The van der Waals surface area contributed by atoms with Crippen molar-refractivity contribution < 1.29 is 14.5 Å². The minimum atomic E-state index is -0.818. The molecule has 24 heavy (non-hydrogen) atoms. The number of ether oxygens (including phenoxy) is 1. The summed E-state index contributed by atoms with van der Waals surface area (Å²) in [6, 6.07) is 5.02. The van der Waals surface area contributed by atoms with Crippen molar-refractivity contribution in [3.05, 3.63) is 51.2 Å². The van der Waals surface area contributed by atoms with E-state index < -0.39 is 16.9 Å². The van der Waals surface area contributed by atoms with Gasteiger partial charge in [0.2, 0.25) is 5.96 Å². The highest BCUT2D eigenvalue weighted by Gasteiger charge is 2.31. The average Bonchev–Trinajstić information content (AvgIpc) is 2.54. The minimum Gasteiger partial charge on any atom is -0.463 e. The summed E-state index contributed by atoms with van der Waals surface area (Å²) in [5, 5.41) is 24.9. The van der Waals surface area contributed by atoms with Crippen molar-refractivity contribution in [2.75, 3.05) is 6.61 Å². The maximum absolute atomic E-state index is 12.3. The molecule has 1 aliphatic rings. The third-order valence-corrected chi connectivity index (χ3v) is 3.31. The standard InChI is InChI=1S/C15H15N5O4/c1-3-24-14(21)12-9(2)18-15(17-8-16)19-13(12)10-5-4-6-11(7-10)20(22)23/h4-7,13H,3H2,1-2H3,(H2,17,18,19)/t13-/m0/s1. The number of guanidine groups is 1. The number of carbonyl (C=O) groups excluding carboxylic acids is 1. The summed E-state index contributed by atoms with van der Waals surface area (Å²) in [7, 11) is 0. The Bertz CT molecular complexity index is 778. The lowest BCUT2D eigenvalue weighted by Crippen LogP contribution is -2.39. The smallest absolute Gasteiger partial charge is 0.338 e. The van der Waals surface area contributed by atoms with Crippen LogP contribution in [0.1, 0.15) is 25.5 Å². The van der Waals surface area contributed by atoms with E-state index in [1.165, 1.54) is 18.2 Å². The fourth-order valence-corrected chi connectivity index (χ4v) is 2.32. The molecular weight excluding hydrogens is 314 g/mol. The molecule has 0 unspecified atom stereocenters. The van der Waals surface area contributed by atoms with Crippen molar-refractivity contribution in [2.24, 2.45) is 4.99 Å². The number of nitro benzene ring substituents is 1. The van der Waals surface area contributed by atoms with E-state index in [-0.39, 0.29) is 23.8 Å². The summed E-state index contributed by atoms with van der Waals surface area (Å²) in [5.41, 5.74) is 1.03. The molecule has 0 saturated heterocycles. The van der Waals surface area contributed by atoms with Gasteiger partial charge in [-0.1, -0.05) is 12.1 Å². The maximum atomic E-state index is 12.3. The number of carbonyl (C=O) groups is 1. The Morgan fingerprint density at radius 1 is 1.58 bits per heavy atom. The van der Waals surface area contributed by atoms with Gasteiger partial charge in [0.1, 0.15) is 6.04 Å². The Morgan fingerprint density at radius 3 is 2.96 bits per heavy atom. The van der Waals surface area contributed by atoms with Crippen LogP contribution in [0, 0.1) is 21.6 Å². The first-order valence-corrected chi connectivity index (χ1v) is 7.10. The van der Waals surface area contributed by atoms with Crippen molar-refractivity contribution in [3.8, 4) is 6.19 Å². The lowest BCUT2D eigenvalue weighted by Gasteiger charge is -2.25. The van der Waals surface area contributed by atoms with Gasteiger partial charge in [0.15, 0.2) is 6.19 Å². The molecule has 1 aromatic carbocycles. The van der Waals surface area contributed by atoms with Gasteiger partial charge in [-0.15, -0.1) is 0 Å². The van der Waals surface area contributed by atoms with Gasteiger partial charge in [-0.2, -0.15) is 5.26 Å². The number of nitro groups is 1. The van der Waals surface area contributed by atoms with Crippen LogP contribution in [0.4, 0.5) is 5.69 Å². The minimum absolute atomic E-state index is 0.114. The molecule has 0 fully saturated rings. The highest BCUT2D eigenvalue weighted by atomic mass is 16.6. The van der Waals surface area contributed by atoms with Crippen LogP contribution in [-0.2, 0) is 9.53 Å². The molecule has 0 bridgehead atoms. The summed E-state index contributed by atoms with van der Waals surface area (Å²) in [4.78, 5) is 27.0. The Hall–Kier alpha value is -3.41. The summed E-state index contributed by atoms with van der Waals surface area (Å²) in [5.74, 6) is -0.418. The fourth-order valence-electron chi connectivity index (χ4n) is 2.32. The van der Waals surface area contributed by atoms with Gasteiger partial charge in [-0.25, -0.2) is 9.79 Å². The number of hydrogen-bond acceptors (Lipinski definition) is 8. The first kappa shape index (κ1) is 17.0. The van der Waals surface area contributed by atoms with E-state index >= 15 is 0 Å². The molecule has 0 aliphatic carbocycles. The third kappa shape index (κ3) is 3.49. The van der Waals surface area contributed by atoms with Crippen molar-refractivity contribution in [1.29, 1.82) is 5.26 Å². The zero-order chi connectivity index (χ0) is 17.7. The number of nitrogens with zero attached hydrogens (tertiary/aromatic N) is 3. The Morgan fingerprint density at radius 2 is 2.33 bits per heavy atom. The number of hydrogen-bond donors (Lipinski definition) is 2. The van der Waals surface area contributed by atoms with E-state index in [4.69, 9.17) is 10.00 Å². The summed E-state index contributed by atoms with van der Waals surface area (Å²) in [6.45, 7) is 3.51. The number of nitrogens with one attached hydrogen (secondary N) is 2. The largest absolute Gasteiger partial charge is 0.463 e. The van der Waals surface area contributed by atoms with E-state index in [0.29, 0.717) is 11.3 Å². The molecule has 1 heterocycles. The quantitative estimate of drug-likeness (QED) is 0.281. The van der Waals surface area contributed by atoms with Gasteiger partial charge >= 0.3 is 5.97 Å². The van der Waals surface area contributed by atoms with E-state index in [9.17, 15) is 14.9 Å². The van der Waals surface area contributed by atoms with Crippen molar-refractivity contribution in [1.82, 2.24) is 10.6 Å². The van der Waals surface area contributed by atoms with Crippen LogP contribution in [0.2, 0.25) is 0 Å². The van der Waals surface area contributed by atoms with Crippen LogP contribution in [0.15, 0.2) is 40.5 Å². The monoisotopic (exact) mass is 329 g/mol. The van der Waals surface area contributed by atoms with Crippen LogP contribution >= 0.6 is 0 Å². The Labute approximate surface area is 137 Å². The number of non-ortho nitro benzene ring substituents is 1. The summed E-state index contributed by atoms with van der Waals surface area (Å²) < 4.78 is 5.05. The van der Waals surface area contributed by atoms with Gasteiger partial charge in [-0.3, -0.25) is 15.4 Å². The van der Waals surface area contributed by atoms with Gasteiger partial charge in [0, 0.05) is 17.8 Å². The topological polar surface area (TPSA) is 130 Å². The van der Waals surface area contributed by atoms with Crippen molar-refractivity contribution in [2.45, 2.75) is 19.9 Å². The lowest BCUT2D eigenvalue weighted by atomic mass is 9.96. The first-order valence-electron chi connectivity index (χ1n) is 7.10. The molecule has 1 atom stereocenters.